The van der Waals surface area contributed by atoms with Gasteiger partial charge in [0.25, 0.3) is 0 Å². The maximum atomic E-state index is 5.54. The first kappa shape index (κ1) is 17.6. The molecule has 0 fully saturated rings. The predicted octanol–water partition coefficient (Wildman–Crippen LogP) is 1.28. The quantitative estimate of drug-likeness (QED) is 0.583. The summed E-state index contributed by atoms with van der Waals surface area (Å²) in [6.45, 7) is 7.90. The van der Waals surface area contributed by atoms with Crippen LogP contribution in [0, 0.1) is 6.92 Å². The molecule has 0 bridgehead atoms. The van der Waals surface area contributed by atoms with Gasteiger partial charge in [-0.25, -0.2) is 4.98 Å². The molecule has 1 aromatic rings. The van der Waals surface area contributed by atoms with Crippen molar-refractivity contribution in [3.8, 4) is 5.88 Å². The van der Waals surface area contributed by atoms with Gasteiger partial charge in [0.2, 0.25) is 11.8 Å². The van der Waals surface area contributed by atoms with Gasteiger partial charge in [0.05, 0.1) is 33.0 Å². The predicted molar refractivity (Wildman–Crippen MR) is 79.9 cm³/mol. The first-order chi connectivity index (χ1) is 10.3. The summed E-state index contributed by atoms with van der Waals surface area (Å²) in [6, 6.07) is 1.80. The molecule has 1 rings (SSSR count). The van der Waals surface area contributed by atoms with E-state index in [0.717, 1.165) is 12.2 Å². The Bertz CT molecular complexity index is 390. The van der Waals surface area contributed by atoms with Gasteiger partial charge in [-0.15, -0.1) is 0 Å². The van der Waals surface area contributed by atoms with Crippen LogP contribution in [-0.2, 0) is 14.2 Å². The molecule has 120 valence electrons. The van der Waals surface area contributed by atoms with Crippen LogP contribution in [0.4, 0.5) is 5.95 Å². The molecule has 0 amide bonds. The van der Waals surface area contributed by atoms with Crippen molar-refractivity contribution in [2.75, 3.05) is 58.6 Å². The Hall–Kier alpha value is -1.44. The van der Waals surface area contributed by atoms with Crippen LogP contribution in [0.1, 0.15) is 12.6 Å². The second-order valence-corrected chi connectivity index (χ2v) is 4.27. The number of anilines is 1. The molecule has 21 heavy (non-hydrogen) atoms. The lowest BCUT2D eigenvalue weighted by atomic mass is 10.4. The average Bonchev–Trinajstić information content (AvgIpc) is 2.45. The Morgan fingerprint density at radius 2 is 1.67 bits per heavy atom. The van der Waals surface area contributed by atoms with E-state index in [1.807, 2.05) is 13.8 Å². The summed E-state index contributed by atoms with van der Waals surface area (Å²) in [5.74, 6) is 1.14. The number of hydrogen-bond acceptors (Lipinski definition) is 7. The van der Waals surface area contributed by atoms with Crippen molar-refractivity contribution in [3.63, 3.8) is 0 Å². The standard InChI is InChI=1S/C14H25N3O4/c1-4-15-14-16-12(2)11-13(17-14)21-10-9-20-8-7-19-6-5-18-3/h11H,4-10H2,1-3H3,(H,15,16,17). The Balaban J connectivity index is 2.12. The van der Waals surface area contributed by atoms with Crippen LogP contribution in [-0.4, -0.2) is 63.3 Å². The average molecular weight is 299 g/mol. The number of rotatable bonds is 12. The first-order valence-electron chi connectivity index (χ1n) is 7.13. The number of aryl methyl sites for hydroxylation is 1. The molecule has 0 saturated carbocycles. The highest BCUT2D eigenvalue weighted by molar-refractivity contribution is 5.30. The second-order valence-electron chi connectivity index (χ2n) is 4.27. The smallest absolute Gasteiger partial charge is 0.226 e. The van der Waals surface area contributed by atoms with Crippen LogP contribution in [0.3, 0.4) is 0 Å². The Morgan fingerprint density at radius 1 is 1.00 bits per heavy atom. The van der Waals surface area contributed by atoms with Crippen molar-refractivity contribution < 1.29 is 18.9 Å². The summed E-state index contributed by atoms with van der Waals surface area (Å²) < 4.78 is 21.1. The molecule has 0 aliphatic carbocycles. The number of aromatic nitrogens is 2. The highest BCUT2D eigenvalue weighted by Crippen LogP contribution is 2.11. The van der Waals surface area contributed by atoms with Gasteiger partial charge < -0.3 is 24.3 Å². The van der Waals surface area contributed by atoms with Gasteiger partial charge in [0.15, 0.2) is 0 Å². The summed E-state index contributed by atoms with van der Waals surface area (Å²) >= 11 is 0. The number of nitrogens with zero attached hydrogens (tertiary/aromatic N) is 2. The molecule has 0 aliphatic rings. The lowest BCUT2D eigenvalue weighted by molar-refractivity contribution is 0.0176. The molecular formula is C14H25N3O4. The monoisotopic (exact) mass is 299 g/mol. The zero-order valence-electron chi connectivity index (χ0n) is 13.1. The third-order valence-corrected chi connectivity index (χ3v) is 2.45. The van der Waals surface area contributed by atoms with Crippen molar-refractivity contribution >= 4 is 5.95 Å². The van der Waals surface area contributed by atoms with Crippen molar-refractivity contribution in [1.82, 2.24) is 9.97 Å². The van der Waals surface area contributed by atoms with Gasteiger partial charge >= 0.3 is 0 Å². The second kappa shape index (κ2) is 11.2. The van der Waals surface area contributed by atoms with E-state index in [2.05, 4.69) is 15.3 Å². The fourth-order valence-electron chi connectivity index (χ4n) is 1.52. The van der Waals surface area contributed by atoms with E-state index < -0.39 is 0 Å². The summed E-state index contributed by atoms with van der Waals surface area (Å²) in [5.41, 5.74) is 0.864. The molecule has 1 N–H and O–H groups in total. The highest BCUT2D eigenvalue weighted by atomic mass is 16.6. The highest BCUT2D eigenvalue weighted by Gasteiger charge is 2.02. The minimum atomic E-state index is 0.445. The number of nitrogens with one attached hydrogen (secondary N) is 1. The van der Waals surface area contributed by atoms with Crippen LogP contribution in [0.25, 0.3) is 0 Å². The first-order valence-corrected chi connectivity index (χ1v) is 7.13. The normalized spacial score (nSPS) is 10.6. The topological polar surface area (TPSA) is 74.7 Å². The molecule has 0 aliphatic heterocycles. The molecular weight excluding hydrogens is 274 g/mol. The maximum Gasteiger partial charge on any atom is 0.226 e. The van der Waals surface area contributed by atoms with Gasteiger partial charge in [-0.2, -0.15) is 4.98 Å². The molecule has 1 heterocycles. The number of ether oxygens (including phenoxy) is 4. The van der Waals surface area contributed by atoms with E-state index >= 15 is 0 Å². The van der Waals surface area contributed by atoms with Crippen LogP contribution in [0.2, 0.25) is 0 Å². The van der Waals surface area contributed by atoms with Crippen molar-refractivity contribution in [2.24, 2.45) is 0 Å². The van der Waals surface area contributed by atoms with Gasteiger partial charge in [-0.1, -0.05) is 0 Å². The molecule has 7 heteroatoms. The van der Waals surface area contributed by atoms with Crippen LogP contribution in [0.15, 0.2) is 6.07 Å². The third-order valence-electron chi connectivity index (χ3n) is 2.45. The van der Waals surface area contributed by atoms with Crippen molar-refractivity contribution in [3.05, 3.63) is 11.8 Å². The van der Waals surface area contributed by atoms with Crippen LogP contribution >= 0.6 is 0 Å². The summed E-state index contributed by atoms with van der Waals surface area (Å²) in [5, 5.41) is 3.06. The number of hydrogen-bond donors (Lipinski definition) is 1. The molecule has 0 aromatic carbocycles. The van der Waals surface area contributed by atoms with Gasteiger partial charge in [0.1, 0.15) is 6.61 Å². The fourth-order valence-corrected chi connectivity index (χ4v) is 1.52. The van der Waals surface area contributed by atoms with E-state index in [-0.39, 0.29) is 0 Å². The molecule has 1 aromatic heterocycles. The van der Waals surface area contributed by atoms with E-state index in [4.69, 9.17) is 18.9 Å². The minimum Gasteiger partial charge on any atom is -0.475 e. The molecule has 0 radical (unpaired) electrons. The third kappa shape index (κ3) is 8.44. The molecule has 0 unspecified atom stereocenters. The molecule has 0 saturated heterocycles. The van der Waals surface area contributed by atoms with Gasteiger partial charge in [0, 0.05) is 25.4 Å². The zero-order valence-corrected chi connectivity index (χ0v) is 13.1. The molecule has 0 spiro atoms. The Morgan fingerprint density at radius 3 is 2.33 bits per heavy atom. The van der Waals surface area contributed by atoms with Gasteiger partial charge in [-0.3, -0.25) is 0 Å². The lowest BCUT2D eigenvalue weighted by Crippen LogP contribution is -2.13. The summed E-state index contributed by atoms with van der Waals surface area (Å²) in [6.07, 6.45) is 0. The van der Waals surface area contributed by atoms with E-state index in [9.17, 15) is 0 Å². The molecule has 7 nitrogen and oxygen atoms in total. The summed E-state index contributed by atoms with van der Waals surface area (Å²) in [4.78, 5) is 8.51. The van der Waals surface area contributed by atoms with E-state index in [0.29, 0.717) is 51.5 Å². The van der Waals surface area contributed by atoms with E-state index in [1.165, 1.54) is 0 Å². The van der Waals surface area contributed by atoms with Crippen molar-refractivity contribution in [2.45, 2.75) is 13.8 Å². The van der Waals surface area contributed by atoms with Gasteiger partial charge in [-0.05, 0) is 13.8 Å². The van der Waals surface area contributed by atoms with Crippen LogP contribution < -0.4 is 10.1 Å². The number of methoxy groups -OCH3 is 1. The zero-order chi connectivity index (χ0) is 15.3. The molecule has 0 atom stereocenters. The van der Waals surface area contributed by atoms with E-state index in [1.54, 1.807) is 13.2 Å². The fraction of sp³-hybridized carbons (Fsp3) is 0.714. The van der Waals surface area contributed by atoms with Crippen molar-refractivity contribution in [1.29, 1.82) is 0 Å². The maximum absolute atomic E-state index is 5.54. The lowest BCUT2D eigenvalue weighted by Gasteiger charge is -2.09. The van der Waals surface area contributed by atoms with Crippen LogP contribution in [0.5, 0.6) is 5.88 Å². The minimum absolute atomic E-state index is 0.445. The largest absolute Gasteiger partial charge is 0.475 e. The Kier molecular flexibility index (Phi) is 9.43. The SMILES string of the molecule is CCNc1nc(C)cc(OCCOCCOCCOC)n1. The Labute approximate surface area is 126 Å². The summed E-state index contributed by atoms with van der Waals surface area (Å²) in [7, 11) is 1.65.